The average Bonchev–Trinajstić information content (AvgIpc) is 3.24. The first-order valence-electron chi connectivity index (χ1n) is 9.53. The van der Waals surface area contributed by atoms with Gasteiger partial charge in [-0.25, -0.2) is 8.42 Å². The van der Waals surface area contributed by atoms with E-state index < -0.39 is 15.1 Å². The first-order chi connectivity index (χ1) is 14.0. The maximum atomic E-state index is 12.8. The summed E-state index contributed by atoms with van der Waals surface area (Å²) < 4.78 is 41.9. The van der Waals surface area contributed by atoms with Crippen molar-refractivity contribution in [3.8, 4) is 11.5 Å². The molecule has 1 atom stereocenters. The summed E-state index contributed by atoms with van der Waals surface area (Å²) in [7, 11) is -1.82. The molecule has 3 rings (SSSR count). The van der Waals surface area contributed by atoms with E-state index in [1.807, 2.05) is 17.0 Å². The van der Waals surface area contributed by atoms with Gasteiger partial charge in [0.25, 0.3) is 0 Å². The van der Waals surface area contributed by atoms with Crippen molar-refractivity contribution in [1.29, 1.82) is 0 Å². The monoisotopic (exact) mass is 421 g/mol. The molecule has 1 fully saturated rings. The molecule has 1 saturated heterocycles. The lowest BCUT2D eigenvalue weighted by atomic mass is 10.2. The van der Waals surface area contributed by atoms with E-state index in [4.69, 9.17) is 19.3 Å². The highest BCUT2D eigenvalue weighted by atomic mass is 32.2. The molecule has 29 heavy (non-hydrogen) atoms. The predicted molar refractivity (Wildman–Crippen MR) is 109 cm³/mol. The number of nitrogens with zero attached hydrogens (tertiary/aromatic N) is 1. The van der Waals surface area contributed by atoms with Crippen molar-refractivity contribution in [3.63, 3.8) is 0 Å². The first kappa shape index (κ1) is 21.6. The van der Waals surface area contributed by atoms with Gasteiger partial charge in [0, 0.05) is 13.1 Å². The number of aliphatic hydroxyl groups is 1. The van der Waals surface area contributed by atoms with E-state index in [1.165, 1.54) is 0 Å². The quantitative estimate of drug-likeness (QED) is 0.588. The fourth-order valence-electron chi connectivity index (χ4n) is 3.23. The molecule has 0 radical (unpaired) electrons. The summed E-state index contributed by atoms with van der Waals surface area (Å²) in [6.07, 6.45) is 0.589. The van der Waals surface area contributed by atoms with Crippen LogP contribution < -0.4 is 9.47 Å². The van der Waals surface area contributed by atoms with Gasteiger partial charge >= 0.3 is 0 Å². The fraction of sp³-hybridized carbons (Fsp3) is 0.429. The van der Waals surface area contributed by atoms with Gasteiger partial charge in [0.1, 0.15) is 18.1 Å². The van der Waals surface area contributed by atoms with Crippen molar-refractivity contribution in [2.24, 2.45) is 0 Å². The van der Waals surface area contributed by atoms with Crippen LogP contribution in [0.3, 0.4) is 0 Å². The van der Waals surface area contributed by atoms with Crippen LogP contribution in [0.2, 0.25) is 0 Å². The lowest BCUT2D eigenvalue weighted by Gasteiger charge is -2.17. The summed E-state index contributed by atoms with van der Waals surface area (Å²) >= 11 is 0. The predicted octanol–water partition coefficient (Wildman–Crippen LogP) is 2.09. The second-order valence-electron chi connectivity index (χ2n) is 6.90. The lowest BCUT2D eigenvalue weighted by molar-refractivity contribution is 0.0264. The Morgan fingerprint density at radius 1 is 1.03 bits per heavy atom. The Labute approximate surface area is 171 Å². The van der Waals surface area contributed by atoms with Gasteiger partial charge in [-0.05, 0) is 48.4 Å². The molecule has 158 valence electrons. The van der Waals surface area contributed by atoms with Gasteiger partial charge in [-0.2, -0.15) is 0 Å². The van der Waals surface area contributed by atoms with Crippen LogP contribution >= 0.6 is 0 Å². The molecule has 8 heteroatoms. The number of ether oxygens (including phenoxy) is 3. The third-order valence-corrected chi connectivity index (χ3v) is 7.12. The Bertz CT molecular complexity index is 867. The Morgan fingerprint density at radius 2 is 1.72 bits per heavy atom. The second kappa shape index (κ2) is 10.1. The van der Waals surface area contributed by atoms with Crippen LogP contribution in [0.15, 0.2) is 53.4 Å². The third-order valence-electron chi connectivity index (χ3n) is 4.93. The number of rotatable bonds is 10. The molecule has 1 aliphatic heterocycles. The van der Waals surface area contributed by atoms with Crippen molar-refractivity contribution in [2.75, 3.05) is 40.1 Å². The minimum Gasteiger partial charge on any atom is -0.497 e. The van der Waals surface area contributed by atoms with Crippen molar-refractivity contribution in [3.05, 3.63) is 54.1 Å². The molecule has 0 aromatic heterocycles. The summed E-state index contributed by atoms with van der Waals surface area (Å²) in [6, 6.07) is 13.8. The van der Waals surface area contributed by atoms with Crippen LogP contribution in [-0.2, 0) is 21.2 Å². The van der Waals surface area contributed by atoms with Gasteiger partial charge < -0.3 is 19.3 Å². The van der Waals surface area contributed by atoms with E-state index in [2.05, 4.69) is 0 Å². The Hall–Kier alpha value is -2.13. The zero-order valence-corrected chi connectivity index (χ0v) is 17.3. The average molecular weight is 422 g/mol. The van der Waals surface area contributed by atoms with Crippen LogP contribution in [0.1, 0.15) is 12.0 Å². The Morgan fingerprint density at radius 3 is 2.38 bits per heavy atom. The number of sulfone groups is 1. The summed E-state index contributed by atoms with van der Waals surface area (Å²) in [5.74, 6) is 1.36. The Balaban J connectivity index is 1.40. The summed E-state index contributed by atoms with van der Waals surface area (Å²) in [6.45, 7) is 2.34. The molecule has 0 bridgehead atoms. The zero-order valence-electron chi connectivity index (χ0n) is 16.5. The van der Waals surface area contributed by atoms with Gasteiger partial charge in [0.05, 0.1) is 37.2 Å². The first-order valence-corrected chi connectivity index (χ1v) is 11.1. The molecule has 0 aliphatic carbocycles. The summed E-state index contributed by atoms with van der Waals surface area (Å²) in [5.41, 5.74) is 0.835. The molecular formula is C21H27NO6S. The van der Waals surface area contributed by atoms with Crippen LogP contribution in [0.5, 0.6) is 11.5 Å². The molecule has 1 unspecified atom stereocenters. The highest BCUT2D eigenvalue weighted by Crippen LogP contribution is 2.25. The molecule has 0 spiro atoms. The summed E-state index contributed by atoms with van der Waals surface area (Å²) in [4.78, 5) is 2.33. The molecule has 1 N–H and O–H groups in total. The van der Waals surface area contributed by atoms with Gasteiger partial charge in [-0.15, -0.1) is 0 Å². The van der Waals surface area contributed by atoms with Crippen molar-refractivity contribution >= 4 is 9.84 Å². The number of hydrogen-bond acceptors (Lipinski definition) is 7. The van der Waals surface area contributed by atoms with E-state index in [1.54, 1.807) is 43.5 Å². The molecule has 1 aliphatic rings. The van der Waals surface area contributed by atoms with E-state index >= 15 is 0 Å². The smallest absolute Gasteiger partial charge is 0.182 e. The maximum Gasteiger partial charge on any atom is 0.182 e. The number of hydrogen-bond donors (Lipinski definition) is 1. The zero-order chi connectivity index (χ0) is 20.7. The molecule has 1 heterocycles. The minimum absolute atomic E-state index is 0.00834. The highest BCUT2D eigenvalue weighted by molar-refractivity contribution is 7.92. The van der Waals surface area contributed by atoms with Crippen LogP contribution in [0.25, 0.3) is 0 Å². The molecule has 7 nitrogen and oxygen atoms in total. The number of methoxy groups -OCH3 is 1. The van der Waals surface area contributed by atoms with Crippen LogP contribution in [0.4, 0.5) is 0 Å². The molecular weight excluding hydrogens is 394 g/mol. The maximum absolute atomic E-state index is 12.8. The fourth-order valence-corrected chi connectivity index (χ4v) is 4.95. The SMILES string of the molecule is COc1ccc(S(=O)(=O)C2CCN(COCCOc3ccc(CO)cc3)C2)cc1. The molecule has 0 saturated carbocycles. The van der Waals surface area contributed by atoms with Crippen molar-refractivity contribution in [2.45, 2.75) is 23.2 Å². The van der Waals surface area contributed by atoms with E-state index in [0.717, 1.165) is 11.3 Å². The normalized spacial score (nSPS) is 17.4. The van der Waals surface area contributed by atoms with Crippen molar-refractivity contribution in [1.82, 2.24) is 4.90 Å². The lowest BCUT2D eigenvalue weighted by Crippen LogP contribution is -2.29. The summed E-state index contributed by atoms with van der Waals surface area (Å²) in [5, 5.41) is 8.60. The van der Waals surface area contributed by atoms with Gasteiger partial charge in [0.2, 0.25) is 0 Å². The van der Waals surface area contributed by atoms with Crippen LogP contribution in [0, 0.1) is 0 Å². The topological polar surface area (TPSA) is 85.3 Å². The highest BCUT2D eigenvalue weighted by Gasteiger charge is 2.34. The van der Waals surface area contributed by atoms with Gasteiger partial charge in [0.15, 0.2) is 9.84 Å². The molecule has 2 aromatic rings. The number of aliphatic hydroxyl groups excluding tert-OH is 1. The Kier molecular flexibility index (Phi) is 7.49. The largest absolute Gasteiger partial charge is 0.497 e. The van der Waals surface area contributed by atoms with E-state index in [9.17, 15) is 8.42 Å². The molecule has 2 aromatic carbocycles. The number of benzene rings is 2. The number of likely N-dealkylation sites (tertiary alicyclic amines) is 1. The third kappa shape index (κ3) is 5.70. The molecule has 0 amide bonds. The van der Waals surface area contributed by atoms with Gasteiger partial charge in [-0.3, -0.25) is 4.90 Å². The minimum atomic E-state index is -3.37. The van der Waals surface area contributed by atoms with Crippen molar-refractivity contribution < 1.29 is 27.7 Å². The van der Waals surface area contributed by atoms with Gasteiger partial charge in [-0.1, -0.05) is 12.1 Å². The standard InChI is InChI=1S/C21H27NO6S/c1-26-18-6-8-20(9-7-18)29(24,25)21-10-11-22(14-21)16-27-12-13-28-19-4-2-17(15-23)3-5-19/h2-9,21,23H,10-16H2,1H3. The van der Waals surface area contributed by atoms with Crippen LogP contribution in [-0.4, -0.2) is 63.8 Å². The second-order valence-corrected chi connectivity index (χ2v) is 9.12. The van der Waals surface area contributed by atoms with E-state index in [-0.39, 0.29) is 6.61 Å². The van der Waals surface area contributed by atoms with E-state index in [0.29, 0.717) is 50.1 Å².